The van der Waals surface area contributed by atoms with Gasteiger partial charge in [-0.3, -0.25) is 18.7 Å². The second kappa shape index (κ2) is 12.5. The molecule has 0 spiro atoms. The van der Waals surface area contributed by atoms with Gasteiger partial charge in [0.2, 0.25) is 5.91 Å². The molecule has 1 aromatic heterocycles. The number of rotatable bonds is 11. The predicted octanol–water partition coefficient (Wildman–Crippen LogP) is 4.02. The van der Waals surface area contributed by atoms with E-state index in [0.29, 0.717) is 53.4 Å². The number of nitrogens with one attached hydrogen (secondary N) is 1. The number of hydrogen-bond donors (Lipinski definition) is 1. The van der Waals surface area contributed by atoms with E-state index >= 15 is 0 Å². The summed E-state index contributed by atoms with van der Waals surface area (Å²) in [6, 6.07) is 19.9. The summed E-state index contributed by atoms with van der Waals surface area (Å²) in [7, 11) is 3.16. The third kappa shape index (κ3) is 6.26. The van der Waals surface area contributed by atoms with Gasteiger partial charge in [0.25, 0.3) is 5.56 Å². The van der Waals surface area contributed by atoms with Gasteiger partial charge >= 0.3 is 5.69 Å². The van der Waals surface area contributed by atoms with Gasteiger partial charge in [-0.1, -0.05) is 41.9 Å². The third-order valence-electron chi connectivity index (χ3n) is 6.36. The molecule has 4 rings (SSSR count). The lowest BCUT2D eigenvalue weighted by molar-refractivity contribution is -0.121. The van der Waals surface area contributed by atoms with Crippen molar-refractivity contribution in [3.8, 4) is 11.5 Å². The Balaban J connectivity index is 1.40. The molecule has 0 unspecified atom stereocenters. The molecule has 1 heterocycles. The minimum atomic E-state index is -0.405. The Morgan fingerprint density at radius 3 is 2.34 bits per heavy atom. The molecule has 1 N–H and O–H groups in total. The van der Waals surface area contributed by atoms with Crippen LogP contribution in [-0.2, 0) is 24.3 Å². The Labute approximate surface area is 225 Å². The number of aromatic nitrogens is 2. The summed E-state index contributed by atoms with van der Waals surface area (Å²) in [5.41, 5.74) is 1.71. The fourth-order valence-electron chi connectivity index (χ4n) is 4.36. The minimum Gasteiger partial charge on any atom is -0.493 e. The second-order valence-corrected chi connectivity index (χ2v) is 9.30. The molecule has 198 valence electrons. The molecule has 0 saturated heterocycles. The molecule has 0 aliphatic rings. The number of carbonyl (C=O) groups excluding carboxylic acids is 1. The number of hydrogen-bond acceptors (Lipinski definition) is 5. The van der Waals surface area contributed by atoms with Crippen LogP contribution in [0.15, 0.2) is 76.3 Å². The maximum absolute atomic E-state index is 13.4. The zero-order chi connectivity index (χ0) is 27.1. The van der Waals surface area contributed by atoms with Crippen LogP contribution in [0.4, 0.5) is 0 Å². The van der Waals surface area contributed by atoms with Crippen LogP contribution in [0.1, 0.15) is 24.0 Å². The first-order chi connectivity index (χ1) is 18.4. The molecule has 3 aromatic carbocycles. The zero-order valence-corrected chi connectivity index (χ0v) is 22.2. The SMILES string of the molecule is COc1ccc(CCNC(=O)CCCn2c(=O)c3ccccc3n(Cc3ccc(Cl)cc3)c2=O)cc1OC. The molecule has 0 aliphatic heterocycles. The molecule has 8 nitrogen and oxygen atoms in total. The normalized spacial score (nSPS) is 10.9. The van der Waals surface area contributed by atoms with Crippen molar-refractivity contribution in [3.63, 3.8) is 0 Å². The molecule has 9 heteroatoms. The predicted molar refractivity (Wildman–Crippen MR) is 149 cm³/mol. The average molecular weight is 536 g/mol. The highest BCUT2D eigenvalue weighted by Crippen LogP contribution is 2.27. The Morgan fingerprint density at radius 2 is 1.61 bits per heavy atom. The van der Waals surface area contributed by atoms with Crippen LogP contribution in [0, 0.1) is 0 Å². The van der Waals surface area contributed by atoms with Gasteiger partial charge in [0.05, 0.1) is 31.7 Å². The lowest BCUT2D eigenvalue weighted by Gasteiger charge is -2.14. The Bertz CT molecular complexity index is 1540. The molecular weight excluding hydrogens is 506 g/mol. The van der Waals surface area contributed by atoms with Crippen LogP contribution in [-0.4, -0.2) is 35.8 Å². The smallest absolute Gasteiger partial charge is 0.331 e. The van der Waals surface area contributed by atoms with Crippen molar-refractivity contribution < 1.29 is 14.3 Å². The van der Waals surface area contributed by atoms with Gasteiger partial charge < -0.3 is 14.8 Å². The Morgan fingerprint density at radius 1 is 0.895 bits per heavy atom. The van der Waals surface area contributed by atoms with Crippen molar-refractivity contribution >= 4 is 28.4 Å². The number of halogens is 1. The van der Waals surface area contributed by atoms with Crippen molar-refractivity contribution in [1.82, 2.24) is 14.5 Å². The van der Waals surface area contributed by atoms with Crippen LogP contribution in [0.25, 0.3) is 10.9 Å². The van der Waals surface area contributed by atoms with Crippen LogP contribution in [0.5, 0.6) is 11.5 Å². The fourth-order valence-corrected chi connectivity index (χ4v) is 4.49. The Kier molecular flexibility index (Phi) is 8.86. The standard InChI is InChI=1S/C29H30ClN3O5/c1-37-25-14-11-20(18-26(25)38-2)15-16-31-27(34)8-5-17-32-28(35)23-6-3-4-7-24(23)33(29(32)36)19-21-9-12-22(30)13-10-21/h3-4,6-7,9-14,18H,5,8,15-17,19H2,1-2H3,(H,31,34). The molecule has 0 saturated carbocycles. The molecule has 38 heavy (non-hydrogen) atoms. The number of nitrogens with zero attached hydrogens (tertiary/aromatic N) is 2. The van der Waals surface area contributed by atoms with Gasteiger partial charge in [-0.15, -0.1) is 0 Å². The van der Waals surface area contributed by atoms with Gasteiger partial charge in [-0.2, -0.15) is 0 Å². The summed E-state index contributed by atoms with van der Waals surface area (Å²) in [5.74, 6) is 1.15. The average Bonchev–Trinajstić information content (AvgIpc) is 2.93. The highest BCUT2D eigenvalue weighted by Gasteiger charge is 2.14. The van der Waals surface area contributed by atoms with Gasteiger partial charge in [-0.25, -0.2) is 4.79 Å². The summed E-state index contributed by atoms with van der Waals surface area (Å²) in [6.07, 6.45) is 1.18. The lowest BCUT2D eigenvalue weighted by atomic mass is 10.1. The summed E-state index contributed by atoms with van der Waals surface area (Å²) in [5, 5.41) is 3.97. The molecule has 0 aliphatic carbocycles. The van der Waals surface area contributed by atoms with E-state index in [9.17, 15) is 14.4 Å². The number of para-hydroxylation sites is 1. The fraction of sp³-hybridized carbons (Fsp3) is 0.276. The van der Waals surface area contributed by atoms with Crippen LogP contribution >= 0.6 is 11.6 Å². The molecule has 0 fully saturated rings. The van der Waals surface area contributed by atoms with Crippen molar-refractivity contribution in [3.05, 3.63) is 104 Å². The maximum atomic E-state index is 13.4. The molecule has 0 bridgehead atoms. The third-order valence-corrected chi connectivity index (χ3v) is 6.61. The Hall–Kier alpha value is -4.04. The van der Waals surface area contributed by atoms with Gasteiger partial charge in [0.1, 0.15) is 0 Å². The number of fused-ring (bicyclic) bond motifs is 1. The monoisotopic (exact) mass is 535 g/mol. The number of amides is 1. The lowest BCUT2D eigenvalue weighted by Crippen LogP contribution is -2.40. The van der Waals surface area contributed by atoms with Crippen molar-refractivity contribution in [1.29, 1.82) is 0 Å². The first-order valence-corrected chi connectivity index (χ1v) is 12.7. The largest absolute Gasteiger partial charge is 0.493 e. The topological polar surface area (TPSA) is 91.6 Å². The van der Waals surface area contributed by atoms with E-state index in [-0.39, 0.29) is 24.4 Å². The first kappa shape index (κ1) is 27.0. The quantitative estimate of drug-likeness (QED) is 0.313. The van der Waals surface area contributed by atoms with E-state index < -0.39 is 5.69 Å². The zero-order valence-electron chi connectivity index (χ0n) is 21.4. The van der Waals surface area contributed by atoms with E-state index in [0.717, 1.165) is 11.1 Å². The molecule has 1 amide bonds. The summed E-state index contributed by atoms with van der Waals surface area (Å²) < 4.78 is 13.4. The number of ether oxygens (including phenoxy) is 2. The highest BCUT2D eigenvalue weighted by atomic mass is 35.5. The minimum absolute atomic E-state index is 0.138. The van der Waals surface area contributed by atoms with E-state index in [4.69, 9.17) is 21.1 Å². The first-order valence-electron chi connectivity index (χ1n) is 12.4. The van der Waals surface area contributed by atoms with Crippen LogP contribution in [0.3, 0.4) is 0 Å². The van der Waals surface area contributed by atoms with Crippen molar-refractivity contribution in [2.75, 3.05) is 20.8 Å². The summed E-state index contributed by atoms with van der Waals surface area (Å²) in [4.78, 5) is 38.9. The number of benzene rings is 3. The van der Waals surface area contributed by atoms with Gasteiger partial charge in [0.15, 0.2) is 11.5 Å². The van der Waals surface area contributed by atoms with Crippen molar-refractivity contribution in [2.45, 2.75) is 32.4 Å². The molecular formula is C29H30ClN3O5. The van der Waals surface area contributed by atoms with Crippen LogP contribution in [0.2, 0.25) is 5.02 Å². The van der Waals surface area contributed by atoms with E-state index in [1.807, 2.05) is 30.3 Å². The van der Waals surface area contributed by atoms with E-state index in [1.165, 1.54) is 4.57 Å². The van der Waals surface area contributed by atoms with Crippen molar-refractivity contribution in [2.24, 2.45) is 0 Å². The van der Waals surface area contributed by atoms with Crippen LogP contribution < -0.4 is 26.0 Å². The number of methoxy groups -OCH3 is 2. The number of carbonyl (C=O) groups is 1. The molecule has 4 aromatic rings. The molecule has 0 radical (unpaired) electrons. The second-order valence-electron chi connectivity index (χ2n) is 8.86. The van der Waals surface area contributed by atoms with Gasteiger partial charge in [-0.05, 0) is 60.4 Å². The van der Waals surface area contributed by atoms with Gasteiger partial charge in [0, 0.05) is 24.5 Å². The highest BCUT2D eigenvalue weighted by molar-refractivity contribution is 6.30. The summed E-state index contributed by atoms with van der Waals surface area (Å²) in [6.45, 7) is 0.901. The van der Waals surface area contributed by atoms with E-state index in [2.05, 4.69) is 5.32 Å². The molecule has 0 atom stereocenters. The van der Waals surface area contributed by atoms with E-state index in [1.54, 1.807) is 55.2 Å². The summed E-state index contributed by atoms with van der Waals surface area (Å²) >= 11 is 6.00. The maximum Gasteiger partial charge on any atom is 0.331 e.